The summed E-state index contributed by atoms with van der Waals surface area (Å²) in [6, 6.07) is 18.2. The van der Waals surface area contributed by atoms with Crippen LogP contribution in [0.5, 0.6) is 0 Å². The number of aryl methyl sites for hydroxylation is 1. The molecule has 1 amide bonds. The second-order valence-corrected chi connectivity index (χ2v) is 8.72. The van der Waals surface area contributed by atoms with E-state index in [9.17, 15) is 4.79 Å². The Morgan fingerprint density at radius 1 is 1.07 bits per heavy atom. The van der Waals surface area contributed by atoms with E-state index in [2.05, 4.69) is 20.4 Å². The summed E-state index contributed by atoms with van der Waals surface area (Å²) in [5.74, 6) is 2.50. The average Bonchev–Trinajstić information content (AvgIpc) is 3.27. The fourth-order valence-corrected chi connectivity index (χ4v) is 4.34. The third kappa shape index (κ3) is 5.42. The van der Waals surface area contributed by atoms with Crippen molar-refractivity contribution in [2.45, 2.75) is 25.8 Å². The van der Waals surface area contributed by atoms with Crippen LogP contribution in [0.25, 0.3) is 0 Å². The van der Waals surface area contributed by atoms with Crippen LogP contribution < -0.4 is 10.2 Å². The van der Waals surface area contributed by atoms with Crippen LogP contribution in [0.3, 0.4) is 0 Å². The van der Waals surface area contributed by atoms with Crippen molar-refractivity contribution in [2.24, 2.45) is 0 Å². The molecule has 0 radical (unpaired) electrons. The number of rotatable bonds is 7. The van der Waals surface area contributed by atoms with Crippen molar-refractivity contribution >= 4 is 23.7 Å². The molecule has 0 aliphatic carbocycles. The van der Waals surface area contributed by atoms with Crippen LogP contribution in [-0.4, -0.2) is 40.7 Å². The Labute approximate surface area is 181 Å². The Balaban J connectivity index is 1.49. The van der Waals surface area contributed by atoms with E-state index in [1.807, 2.05) is 73.3 Å². The van der Waals surface area contributed by atoms with Crippen LogP contribution in [0.1, 0.15) is 28.6 Å². The normalized spacial score (nSPS) is 15.0. The lowest BCUT2D eigenvalue weighted by Gasteiger charge is -2.24. The molecule has 1 atom stereocenters. The zero-order valence-corrected chi connectivity index (χ0v) is 17.9. The van der Waals surface area contributed by atoms with Gasteiger partial charge in [-0.15, -0.1) is 5.10 Å². The fourth-order valence-electron chi connectivity index (χ4n) is 3.44. The molecular formula is C23H26N4O2S. The summed E-state index contributed by atoms with van der Waals surface area (Å²) in [6.07, 6.45) is 0.911. The highest BCUT2D eigenvalue weighted by molar-refractivity contribution is 7.99. The van der Waals surface area contributed by atoms with Crippen LogP contribution in [-0.2, 0) is 17.6 Å². The predicted octanol–water partition coefficient (Wildman–Crippen LogP) is 3.57. The minimum Gasteiger partial charge on any atom is -0.406 e. The average molecular weight is 423 g/mol. The van der Waals surface area contributed by atoms with Gasteiger partial charge in [0.2, 0.25) is 11.8 Å². The first-order valence-electron chi connectivity index (χ1n) is 10.2. The van der Waals surface area contributed by atoms with Crippen LogP contribution in [0.2, 0.25) is 0 Å². The van der Waals surface area contributed by atoms with Crippen LogP contribution in [0.15, 0.2) is 59.0 Å². The first kappa shape index (κ1) is 20.5. The fraction of sp³-hybridized carbons (Fsp3) is 0.348. The zero-order valence-electron chi connectivity index (χ0n) is 17.1. The topological polar surface area (TPSA) is 71.3 Å². The van der Waals surface area contributed by atoms with Gasteiger partial charge in [-0.25, -0.2) is 0 Å². The maximum atomic E-state index is 12.8. The minimum atomic E-state index is -0.370. The largest absolute Gasteiger partial charge is 0.406 e. The highest BCUT2D eigenvalue weighted by atomic mass is 32.2. The van der Waals surface area contributed by atoms with Gasteiger partial charge in [-0.3, -0.25) is 4.79 Å². The molecule has 2 aromatic carbocycles. The number of benzene rings is 2. The molecule has 6 nitrogen and oxygen atoms in total. The molecule has 1 saturated heterocycles. The van der Waals surface area contributed by atoms with Crippen LogP contribution in [0.4, 0.5) is 6.01 Å². The smallest absolute Gasteiger partial charge is 0.318 e. The second kappa shape index (κ2) is 9.80. The number of nitrogens with one attached hydrogen (secondary N) is 1. The SMILES string of the molecule is Cc1ccc(CC(=O)N[C@H](Cc2ccccc2)c2nnc(N3CCSCC3)o2)cc1. The highest BCUT2D eigenvalue weighted by Crippen LogP contribution is 2.23. The number of hydrogen-bond acceptors (Lipinski definition) is 6. The molecule has 30 heavy (non-hydrogen) atoms. The molecule has 1 aromatic heterocycles. The molecule has 0 saturated carbocycles. The minimum absolute atomic E-state index is 0.0612. The number of anilines is 1. The Morgan fingerprint density at radius 2 is 1.80 bits per heavy atom. The molecule has 156 valence electrons. The van der Waals surface area contributed by atoms with Gasteiger partial charge in [0.25, 0.3) is 0 Å². The van der Waals surface area contributed by atoms with Crippen molar-refractivity contribution in [3.8, 4) is 0 Å². The standard InChI is InChI=1S/C23H26N4O2S/c1-17-7-9-19(10-8-17)16-21(28)24-20(15-18-5-3-2-4-6-18)22-25-26-23(29-22)27-11-13-30-14-12-27/h2-10,20H,11-16H2,1H3,(H,24,28)/t20-/m1/s1. The summed E-state index contributed by atoms with van der Waals surface area (Å²) in [5, 5.41) is 11.6. The first-order valence-corrected chi connectivity index (χ1v) is 11.4. The van der Waals surface area contributed by atoms with E-state index >= 15 is 0 Å². The van der Waals surface area contributed by atoms with E-state index in [1.165, 1.54) is 5.56 Å². The molecule has 4 rings (SSSR count). The van der Waals surface area contributed by atoms with Crippen LogP contribution >= 0.6 is 11.8 Å². The van der Waals surface area contributed by atoms with E-state index in [4.69, 9.17) is 4.42 Å². The summed E-state index contributed by atoms with van der Waals surface area (Å²) < 4.78 is 6.00. The number of aromatic nitrogens is 2. The van der Waals surface area contributed by atoms with Crippen molar-refractivity contribution in [3.63, 3.8) is 0 Å². The van der Waals surface area contributed by atoms with Gasteiger partial charge in [0, 0.05) is 31.0 Å². The number of thioether (sulfide) groups is 1. The van der Waals surface area contributed by atoms with Gasteiger partial charge in [-0.2, -0.15) is 11.8 Å². The molecule has 2 heterocycles. The van der Waals surface area contributed by atoms with E-state index in [1.54, 1.807) is 0 Å². The molecule has 1 fully saturated rings. The van der Waals surface area contributed by atoms with Gasteiger partial charge in [0.1, 0.15) is 6.04 Å². The molecule has 0 spiro atoms. The highest BCUT2D eigenvalue weighted by Gasteiger charge is 2.24. The van der Waals surface area contributed by atoms with Crippen molar-refractivity contribution in [1.29, 1.82) is 0 Å². The number of hydrogen-bond donors (Lipinski definition) is 1. The third-order valence-corrected chi connectivity index (χ3v) is 6.06. The summed E-state index contributed by atoms with van der Waals surface area (Å²) in [6.45, 7) is 3.83. The molecule has 0 unspecified atom stereocenters. The van der Waals surface area contributed by atoms with Gasteiger partial charge in [-0.1, -0.05) is 65.3 Å². The monoisotopic (exact) mass is 422 g/mol. The third-order valence-electron chi connectivity index (χ3n) is 5.11. The maximum Gasteiger partial charge on any atom is 0.318 e. The molecule has 0 bridgehead atoms. The van der Waals surface area contributed by atoms with Crippen molar-refractivity contribution in [2.75, 3.05) is 29.5 Å². The van der Waals surface area contributed by atoms with E-state index in [0.717, 1.165) is 35.7 Å². The van der Waals surface area contributed by atoms with Gasteiger partial charge in [-0.05, 0) is 18.1 Å². The molecule has 1 aliphatic heterocycles. The summed E-state index contributed by atoms with van der Waals surface area (Å²) in [5.41, 5.74) is 3.26. The quantitative estimate of drug-likeness (QED) is 0.628. The Bertz CT molecular complexity index is 953. The molecule has 7 heteroatoms. The van der Waals surface area contributed by atoms with E-state index < -0.39 is 0 Å². The molecule has 1 aliphatic rings. The summed E-state index contributed by atoms with van der Waals surface area (Å²) in [4.78, 5) is 14.9. The first-order chi connectivity index (χ1) is 14.7. The summed E-state index contributed by atoms with van der Waals surface area (Å²) in [7, 11) is 0. The number of nitrogens with zero attached hydrogens (tertiary/aromatic N) is 3. The van der Waals surface area contributed by atoms with Crippen molar-refractivity contribution in [1.82, 2.24) is 15.5 Å². The second-order valence-electron chi connectivity index (χ2n) is 7.49. The van der Waals surface area contributed by atoms with Crippen molar-refractivity contribution in [3.05, 3.63) is 77.2 Å². The van der Waals surface area contributed by atoms with Crippen molar-refractivity contribution < 1.29 is 9.21 Å². The Hall–Kier alpha value is -2.80. The number of carbonyl (C=O) groups excluding carboxylic acids is 1. The Kier molecular flexibility index (Phi) is 6.69. The Morgan fingerprint density at radius 3 is 2.53 bits per heavy atom. The van der Waals surface area contributed by atoms with Gasteiger partial charge in [0.15, 0.2) is 0 Å². The zero-order chi connectivity index (χ0) is 20.8. The maximum absolute atomic E-state index is 12.8. The van der Waals surface area contributed by atoms with E-state index in [0.29, 0.717) is 24.7 Å². The molecular weight excluding hydrogens is 396 g/mol. The number of carbonyl (C=O) groups is 1. The summed E-state index contributed by atoms with van der Waals surface area (Å²) >= 11 is 1.93. The molecule has 3 aromatic rings. The predicted molar refractivity (Wildman–Crippen MR) is 120 cm³/mol. The van der Waals surface area contributed by atoms with Gasteiger partial charge in [0.05, 0.1) is 6.42 Å². The van der Waals surface area contributed by atoms with Gasteiger partial charge >= 0.3 is 6.01 Å². The number of amides is 1. The molecule has 1 N–H and O–H groups in total. The lowest BCUT2D eigenvalue weighted by molar-refractivity contribution is -0.121. The van der Waals surface area contributed by atoms with E-state index in [-0.39, 0.29) is 11.9 Å². The lowest BCUT2D eigenvalue weighted by atomic mass is 10.0. The lowest BCUT2D eigenvalue weighted by Crippen LogP contribution is -2.32. The van der Waals surface area contributed by atoms with Gasteiger partial charge < -0.3 is 14.6 Å². The van der Waals surface area contributed by atoms with Crippen LogP contribution in [0, 0.1) is 6.92 Å².